The zero-order valence-corrected chi connectivity index (χ0v) is 13.7. The Balaban J connectivity index is 0.000000386. The van der Waals surface area contributed by atoms with Gasteiger partial charge in [-0.2, -0.15) is 0 Å². The third-order valence-corrected chi connectivity index (χ3v) is 2.79. The first-order valence-electron chi connectivity index (χ1n) is 5.25. The van der Waals surface area contributed by atoms with Gasteiger partial charge < -0.3 is 0 Å². The van der Waals surface area contributed by atoms with Crippen LogP contribution in [0.5, 0.6) is 0 Å². The van der Waals surface area contributed by atoms with E-state index in [9.17, 15) is 0 Å². The van der Waals surface area contributed by atoms with E-state index in [4.69, 9.17) is 17.0 Å². The van der Waals surface area contributed by atoms with E-state index in [1.807, 2.05) is 0 Å². The van der Waals surface area contributed by atoms with Crippen molar-refractivity contribution < 1.29 is 20.8 Å². The first-order valence-corrected chi connectivity index (χ1v) is 11.6. The SMILES string of the molecule is CCC1=Cc2c(C)ccc(C)c2[CH]1.[Cl][Zr][Cl]. The molecule has 1 aromatic rings. The Hall–Kier alpha value is 0.423. The third kappa shape index (κ3) is 3.46. The summed E-state index contributed by atoms with van der Waals surface area (Å²) in [7, 11) is 9.87. The molecular weight excluding hydrogens is 318 g/mol. The fourth-order valence-electron chi connectivity index (χ4n) is 1.85. The van der Waals surface area contributed by atoms with Crippen LogP contribution in [0.3, 0.4) is 0 Å². The minimum atomic E-state index is -0.826. The second-order valence-electron chi connectivity index (χ2n) is 3.82. The fraction of sp³-hybridized carbons (Fsp3) is 0.308. The molecule has 1 aliphatic rings. The van der Waals surface area contributed by atoms with Gasteiger partial charge in [0.25, 0.3) is 0 Å². The van der Waals surface area contributed by atoms with Gasteiger partial charge in [-0.25, -0.2) is 0 Å². The summed E-state index contributed by atoms with van der Waals surface area (Å²) in [5.41, 5.74) is 7.08. The zero-order chi connectivity index (χ0) is 12.1. The summed E-state index contributed by atoms with van der Waals surface area (Å²) in [6.45, 7) is 6.57. The number of hydrogen-bond acceptors (Lipinski definition) is 0. The van der Waals surface area contributed by atoms with E-state index in [0.717, 1.165) is 6.42 Å². The van der Waals surface area contributed by atoms with E-state index >= 15 is 0 Å². The monoisotopic (exact) mass is 331 g/mol. The van der Waals surface area contributed by atoms with Gasteiger partial charge in [0.1, 0.15) is 0 Å². The molecule has 0 atom stereocenters. The summed E-state index contributed by atoms with van der Waals surface area (Å²) in [6, 6.07) is 4.41. The van der Waals surface area contributed by atoms with Gasteiger partial charge in [0, 0.05) is 6.42 Å². The predicted octanol–water partition coefficient (Wildman–Crippen LogP) is 5.04. The molecule has 3 heteroatoms. The summed E-state index contributed by atoms with van der Waals surface area (Å²) >= 11 is -0.826. The first kappa shape index (κ1) is 14.5. The number of allylic oxidation sites excluding steroid dienone is 1. The Morgan fingerprint density at radius 3 is 2.00 bits per heavy atom. The van der Waals surface area contributed by atoms with Crippen molar-refractivity contribution in [3.63, 3.8) is 0 Å². The van der Waals surface area contributed by atoms with Gasteiger partial charge in [-0.3, -0.25) is 0 Å². The van der Waals surface area contributed by atoms with Gasteiger partial charge in [-0.1, -0.05) is 30.7 Å². The molecule has 0 nitrogen and oxygen atoms in total. The molecule has 0 unspecified atom stereocenters. The molecule has 1 radical (unpaired) electrons. The molecule has 1 aromatic carbocycles. The molecule has 0 amide bonds. The quantitative estimate of drug-likeness (QED) is 0.675. The van der Waals surface area contributed by atoms with E-state index in [1.165, 1.54) is 27.8 Å². The van der Waals surface area contributed by atoms with Crippen LogP contribution in [0.15, 0.2) is 17.7 Å². The maximum absolute atomic E-state index is 4.93. The van der Waals surface area contributed by atoms with Crippen LogP contribution in [-0.2, 0) is 20.8 Å². The molecule has 16 heavy (non-hydrogen) atoms. The Morgan fingerprint density at radius 2 is 1.56 bits per heavy atom. The van der Waals surface area contributed by atoms with Crippen LogP contribution in [0.4, 0.5) is 0 Å². The number of rotatable bonds is 1. The molecule has 0 aromatic heterocycles. The van der Waals surface area contributed by atoms with E-state index in [2.05, 4.69) is 45.4 Å². The molecule has 2 rings (SSSR count). The van der Waals surface area contributed by atoms with Crippen molar-refractivity contribution in [2.24, 2.45) is 0 Å². The third-order valence-electron chi connectivity index (χ3n) is 2.79. The molecule has 0 bridgehead atoms. The van der Waals surface area contributed by atoms with Crippen LogP contribution in [0.1, 0.15) is 35.6 Å². The van der Waals surface area contributed by atoms with E-state index < -0.39 is 20.8 Å². The summed E-state index contributed by atoms with van der Waals surface area (Å²) in [5, 5.41) is 0. The molecule has 0 spiro atoms. The molecule has 0 saturated carbocycles. The van der Waals surface area contributed by atoms with Gasteiger partial charge in [-0.05, 0) is 42.5 Å². The Morgan fingerprint density at radius 1 is 1.06 bits per heavy atom. The van der Waals surface area contributed by atoms with Crippen molar-refractivity contribution in [2.75, 3.05) is 0 Å². The number of halogens is 2. The second kappa shape index (κ2) is 6.99. The molecule has 0 N–H and O–H groups in total. The van der Waals surface area contributed by atoms with Crippen molar-refractivity contribution in [3.8, 4) is 0 Å². The standard InChI is InChI=1S/C13H15.2ClH.Zr/c1-4-11-7-12-9(2)5-6-10(3)13(12)8-11;;;/h5-8H,4H2,1-3H3;2*1H;/q;;;+2/p-2. The zero-order valence-electron chi connectivity index (χ0n) is 9.77. The van der Waals surface area contributed by atoms with E-state index in [0.29, 0.717) is 0 Å². The van der Waals surface area contributed by atoms with Gasteiger partial charge in [0.2, 0.25) is 0 Å². The predicted molar refractivity (Wildman–Crippen MR) is 69.3 cm³/mol. The minimum absolute atomic E-state index is 0.826. The normalized spacial score (nSPS) is 12.4. The Bertz CT molecular complexity index is 397. The van der Waals surface area contributed by atoms with Crippen LogP contribution in [0.2, 0.25) is 0 Å². The van der Waals surface area contributed by atoms with Crippen LogP contribution in [0, 0.1) is 20.3 Å². The van der Waals surface area contributed by atoms with Crippen LogP contribution >= 0.6 is 17.0 Å². The van der Waals surface area contributed by atoms with Gasteiger partial charge in [-0.15, -0.1) is 0 Å². The Labute approximate surface area is 117 Å². The van der Waals surface area contributed by atoms with Gasteiger partial charge in [0.15, 0.2) is 0 Å². The van der Waals surface area contributed by atoms with Crippen LogP contribution in [0.25, 0.3) is 6.08 Å². The maximum atomic E-state index is 4.93. The molecule has 0 aliphatic heterocycles. The average molecular weight is 333 g/mol. The topological polar surface area (TPSA) is 0 Å². The van der Waals surface area contributed by atoms with Crippen molar-refractivity contribution in [1.82, 2.24) is 0 Å². The number of aryl methyl sites for hydroxylation is 2. The number of fused-ring (bicyclic) bond motifs is 1. The van der Waals surface area contributed by atoms with Crippen molar-refractivity contribution in [1.29, 1.82) is 0 Å². The van der Waals surface area contributed by atoms with E-state index in [1.54, 1.807) is 0 Å². The molecule has 1 aliphatic carbocycles. The van der Waals surface area contributed by atoms with Gasteiger partial charge in [0.05, 0.1) is 0 Å². The number of benzene rings is 1. The molecule has 0 fully saturated rings. The van der Waals surface area contributed by atoms with Crippen molar-refractivity contribution in [3.05, 3.63) is 46.4 Å². The summed E-state index contributed by atoms with van der Waals surface area (Å²) in [6.07, 6.45) is 5.77. The summed E-state index contributed by atoms with van der Waals surface area (Å²) in [5.74, 6) is 0. The van der Waals surface area contributed by atoms with Gasteiger partial charge >= 0.3 is 37.9 Å². The molecule has 85 valence electrons. The summed E-state index contributed by atoms with van der Waals surface area (Å²) < 4.78 is 0. The summed E-state index contributed by atoms with van der Waals surface area (Å²) in [4.78, 5) is 0. The molecule has 0 saturated heterocycles. The first-order chi connectivity index (χ1) is 7.63. The molecular formula is C13H15Cl2Zr. The van der Waals surface area contributed by atoms with Crippen molar-refractivity contribution in [2.45, 2.75) is 27.2 Å². The van der Waals surface area contributed by atoms with Crippen molar-refractivity contribution >= 4 is 23.1 Å². The molecule has 0 heterocycles. The number of hydrogen-bond donors (Lipinski definition) is 0. The van der Waals surface area contributed by atoms with Crippen LogP contribution < -0.4 is 0 Å². The fourth-order valence-corrected chi connectivity index (χ4v) is 1.85. The average Bonchev–Trinajstić information content (AvgIpc) is 2.70. The van der Waals surface area contributed by atoms with Crippen LogP contribution in [-0.4, -0.2) is 0 Å². The van der Waals surface area contributed by atoms with E-state index in [-0.39, 0.29) is 0 Å². The Kier molecular flexibility index (Phi) is 6.33. The second-order valence-corrected chi connectivity index (χ2v) is 7.55.